The maximum Gasteiger partial charge on any atom is 0.295 e. The average molecular weight is 482 g/mol. The molecule has 1 aromatic carbocycles. The summed E-state index contributed by atoms with van der Waals surface area (Å²) in [7, 11) is -7.86. The monoisotopic (exact) mass is 481 g/mol. The van der Waals surface area contributed by atoms with Crippen LogP contribution >= 0.6 is 0 Å². The molecule has 0 unspecified atom stereocenters. The molecule has 184 valence electrons. The topological polar surface area (TPSA) is 144 Å². The van der Waals surface area contributed by atoms with Crippen LogP contribution in [0, 0.1) is 6.92 Å². The standard InChI is InChI=1S/C19H32O3S.C3H8O3S.H3N/c1-5-8-11-16-14-15(4)17(12-9-6-2)18(13-10-7-3)19(16)23(20,21)22;1-2-3-7(4,5)6;/h14H,5-13H2,1-4H3,(H,20,21,22);2-3H2,1H3,(H,4,5,6);1H3. The molecule has 0 saturated carbocycles. The van der Waals surface area contributed by atoms with Gasteiger partial charge < -0.3 is 6.15 Å². The first-order valence-corrected chi connectivity index (χ1v) is 14.0. The first-order valence-electron chi connectivity index (χ1n) is 11.0. The van der Waals surface area contributed by atoms with Gasteiger partial charge in [-0.2, -0.15) is 16.8 Å². The summed E-state index contributed by atoms with van der Waals surface area (Å²) in [6.45, 7) is 10.1. The minimum absolute atomic E-state index is 0. The van der Waals surface area contributed by atoms with E-state index < -0.39 is 20.2 Å². The highest BCUT2D eigenvalue weighted by Gasteiger charge is 2.24. The first kappa shape index (κ1) is 32.2. The van der Waals surface area contributed by atoms with Crippen LogP contribution in [0.15, 0.2) is 11.0 Å². The molecule has 0 aliphatic heterocycles. The van der Waals surface area contributed by atoms with Crippen LogP contribution in [0.5, 0.6) is 0 Å². The van der Waals surface area contributed by atoms with Crippen molar-refractivity contribution < 1.29 is 25.9 Å². The molecule has 0 aromatic heterocycles. The van der Waals surface area contributed by atoms with E-state index in [0.717, 1.165) is 68.1 Å². The van der Waals surface area contributed by atoms with E-state index in [1.165, 1.54) is 5.56 Å². The van der Waals surface area contributed by atoms with Crippen LogP contribution in [0.1, 0.15) is 94.9 Å². The number of aryl methyl sites for hydroxylation is 2. The molecule has 1 aromatic rings. The highest BCUT2D eigenvalue weighted by atomic mass is 32.2. The van der Waals surface area contributed by atoms with E-state index in [4.69, 9.17) is 4.55 Å². The predicted molar refractivity (Wildman–Crippen MR) is 129 cm³/mol. The minimum Gasteiger partial charge on any atom is -0.344 e. The van der Waals surface area contributed by atoms with Gasteiger partial charge in [0.25, 0.3) is 20.2 Å². The van der Waals surface area contributed by atoms with Crippen LogP contribution < -0.4 is 6.15 Å². The van der Waals surface area contributed by atoms with Crippen LogP contribution in [0.2, 0.25) is 0 Å². The van der Waals surface area contributed by atoms with Gasteiger partial charge in [-0.3, -0.25) is 9.11 Å². The molecule has 0 radical (unpaired) electrons. The van der Waals surface area contributed by atoms with Gasteiger partial charge in [-0.25, -0.2) is 0 Å². The van der Waals surface area contributed by atoms with Crippen molar-refractivity contribution in [2.45, 2.75) is 104 Å². The van der Waals surface area contributed by atoms with E-state index in [2.05, 4.69) is 27.7 Å². The van der Waals surface area contributed by atoms with Gasteiger partial charge in [0.15, 0.2) is 0 Å². The zero-order chi connectivity index (χ0) is 23.4. The van der Waals surface area contributed by atoms with Crippen molar-refractivity contribution in [2.75, 3.05) is 5.75 Å². The third-order valence-electron chi connectivity index (χ3n) is 4.88. The lowest BCUT2D eigenvalue weighted by Crippen LogP contribution is -2.12. The summed E-state index contributed by atoms with van der Waals surface area (Å²) in [4.78, 5) is 0.205. The summed E-state index contributed by atoms with van der Waals surface area (Å²) in [5, 5.41) is 0. The Kier molecular flexibility index (Phi) is 16.3. The van der Waals surface area contributed by atoms with Gasteiger partial charge in [0.1, 0.15) is 4.90 Å². The maximum atomic E-state index is 12.1. The van der Waals surface area contributed by atoms with Crippen LogP contribution in [0.3, 0.4) is 0 Å². The Balaban J connectivity index is 0. The molecule has 9 heteroatoms. The minimum atomic E-state index is -4.19. The van der Waals surface area contributed by atoms with E-state index in [1.807, 2.05) is 6.07 Å². The van der Waals surface area contributed by atoms with Crippen LogP contribution in [-0.2, 0) is 39.5 Å². The average Bonchev–Trinajstić information content (AvgIpc) is 2.62. The Morgan fingerprint density at radius 3 is 1.55 bits per heavy atom. The molecule has 0 fully saturated rings. The summed E-state index contributed by atoms with van der Waals surface area (Å²) in [6.07, 6.45) is 8.80. The van der Waals surface area contributed by atoms with Crippen molar-refractivity contribution in [3.05, 3.63) is 28.3 Å². The Bertz CT molecular complexity index is 849. The van der Waals surface area contributed by atoms with Gasteiger partial charge >= 0.3 is 0 Å². The number of unbranched alkanes of at least 4 members (excludes halogenated alkanes) is 3. The molecule has 7 nitrogen and oxygen atoms in total. The summed E-state index contributed by atoms with van der Waals surface area (Å²) >= 11 is 0. The Morgan fingerprint density at radius 2 is 1.19 bits per heavy atom. The van der Waals surface area contributed by atoms with Crippen LogP contribution in [0.25, 0.3) is 0 Å². The second kappa shape index (κ2) is 15.7. The lowest BCUT2D eigenvalue weighted by Gasteiger charge is -2.20. The molecule has 31 heavy (non-hydrogen) atoms. The van der Waals surface area contributed by atoms with Crippen LogP contribution in [-0.4, -0.2) is 31.7 Å². The molecular weight excluding hydrogens is 438 g/mol. The third kappa shape index (κ3) is 12.6. The van der Waals surface area contributed by atoms with Gasteiger partial charge in [-0.15, -0.1) is 0 Å². The van der Waals surface area contributed by atoms with Crippen molar-refractivity contribution >= 4 is 20.2 Å². The Hall–Kier alpha value is -1.00. The van der Waals surface area contributed by atoms with Gasteiger partial charge in [-0.05, 0) is 74.1 Å². The first-order chi connectivity index (χ1) is 13.9. The molecule has 0 heterocycles. The zero-order valence-electron chi connectivity index (χ0n) is 19.9. The lowest BCUT2D eigenvalue weighted by atomic mass is 9.90. The molecule has 0 spiro atoms. The quantitative estimate of drug-likeness (QED) is 0.324. The molecular formula is C22H43NO6S2. The number of benzene rings is 1. The summed E-state index contributed by atoms with van der Waals surface area (Å²) in [6, 6.07) is 1.99. The second-order valence-corrected chi connectivity index (χ2v) is 10.6. The fraction of sp³-hybridized carbons (Fsp3) is 0.727. The Labute approximate surface area is 190 Å². The normalized spacial score (nSPS) is 11.5. The second-order valence-electron chi connectivity index (χ2n) is 7.71. The van der Waals surface area contributed by atoms with Crippen molar-refractivity contribution in [3.63, 3.8) is 0 Å². The molecule has 0 bridgehead atoms. The fourth-order valence-electron chi connectivity index (χ4n) is 3.43. The van der Waals surface area contributed by atoms with Gasteiger partial charge in [0, 0.05) is 0 Å². The van der Waals surface area contributed by atoms with E-state index >= 15 is 0 Å². The van der Waals surface area contributed by atoms with E-state index in [1.54, 1.807) is 6.92 Å². The number of hydrogen-bond acceptors (Lipinski definition) is 5. The summed E-state index contributed by atoms with van der Waals surface area (Å²) in [5.74, 6) is -0.132. The van der Waals surface area contributed by atoms with Gasteiger partial charge in [-0.1, -0.05) is 53.0 Å². The lowest BCUT2D eigenvalue weighted by molar-refractivity contribution is 0.478. The zero-order valence-corrected chi connectivity index (χ0v) is 21.5. The van der Waals surface area contributed by atoms with E-state index in [-0.39, 0.29) is 16.8 Å². The third-order valence-corrected chi connectivity index (χ3v) is 6.83. The maximum absolute atomic E-state index is 12.1. The number of hydrogen-bond donors (Lipinski definition) is 3. The predicted octanol–water partition coefficient (Wildman–Crippen LogP) is 5.72. The van der Waals surface area contributed by atoms with E-state index in [0.29, 0.717) is 12.8 Å². The molecule has 0 aliphatic rings. The smallest absolute Gasteiger partial charge is 0.295 e. The largest absolute Gasteiger partial charge is 0.344 e. The number of rotatable bonds is 12. The van der Waals surface area contributed by atoms with Crippen LogP contribution in [0.4, 0.5) is 0 Å². The van der Waals surface area contributed by atoms with Crippen molar-refractivity contribution in [1.29, 1.82) is 0 Å². The Morgan fingerprint density at radius 1 is 0.742 bits per heavy atom. The molecule has 5 N–H and O–H groups in total. The molecule has 0 atom stereocenters. The fourth-order valence-corrected chi connectivity index (χ4v) is 4.98. The molecule has 0 amide bonds. The molecule has 1 rings (SSSR count). The van der Waals surface area contributed by atoms with Gasteiger partial charge in [0.05, 0.1) is 5.75 Å². The summed E-state index contributed by atoms with van der Waals surface area (Å²) < 4.78 is 61.6. The SMILES string of the molecule is CCCCc1cc(C)c(CCCC)c(CCCC)c1S(=O)(=O)O.CCCS(=O)(=O)O.N. The van der Waals surface area contributed by atoms with Crippen molar-refractivity contribution in [1.82, 2.24) is 6.15 Å². The van der Waals surface area contributed by atoms with Gasteiger partial charge in [0.2, 0.25) is 0 Å². The van der Waals surface area contributed by atoms with E-state index in [9.17, 15) is 21.4 Å². The highest BCUT2D eigenvalue weighted by Crippen LogP contribution is 2.31. The molecule has 0 saturated heterocycles. The highest BCUT2D eigenvalue weighted by molar-refractivity contribution is 7.86. The summed E-state index contributed by atoms with van der Waals surface area (Å²) in [5.41, 5.74) is 3.96. The molecule has 0 aliphatic carbocycles. The van der Waals surface area contributed by atoms with Crippen molar-refractivity contribution in [2.24, 2.45) is 0 Å². The van der Waals surface area contributed by atoms with Crippen molar-refractivity contribution in [3.8, 4) is 0 Å².